The molecule has 0 bridgehead atoms. The number of halogens is 3. The van der Waals surface area contributed by atoms with E-state index in [1.54, 1.807) is 60.7 Å². The summed E-state index contributed by atoms with van der Waals surface area (Å²) in [6.45, 7) is -0.646. The molecular weight excluding hydrogens is 437 g/mol. The van der Waals surface area contributed by atoms with Crippen molar-refractivity contribution >= 4 is 34.3 Å². The van der Waals surface area contributed by atoms with Gasteiger partial charge in [0.15, 0.2) is 11.1 Å². The fourth-order valence-corrected chi connectivity index (χ4v) is 3.39. The van der Waals surface area contributed by atoms with Crippen LogP contribution >= 0.6 is 0 Å². The number of fused-ring (bicyclic) bond motifs is 1. The molecule has 2 aromatic heterocycles. The molecule has 0 fully saturated rings. The van der Waals surface area contributed by atoms with Gasteiger partial charge in [-0.1, -0.05) is 36.4 Å². The first-order chi connectivity index (χ1) is 15.7. The van der Waals surface area contributed by atoms with Crippen LogP contribution in [0.4, 0.5) is 30.5 Å². The maximum absolute atomic E-state index is 13.9. The van der Waals surface area contributed by atoms with Crippen LogP contribution in [0.25, 0.3) is 16.7 Å². The highest BCUT2D eigenvalue weighted by atomic mass is 19.4. The van der Waals surface area contributed by atoms with E-state index in [0.29, 0.717) is 17.4 Å². The monoisotopic (exact) mass is 454 g/mol. The van der Waals surface area contributed by atoms with Crippen LogP contribution < -0.4 is 16.1 Å². The number of carbonyl (C=O) groups is 1. The van der Waals surface area contributed by atoms with Crippen LogP contribution in [0.15, 0.2) is 77.6 Å². The summed E-state index contributed by atoms with van der Waals surface area (Å²) in [7, 11) is 0. The van der Waals surface area contributed by atoms with E-state index >= 15 is 0 Å². The lowest BCUT2D eigenvalue weighted by Crippen LogP contribution is -2.20. The number of carboxylic acid groups (broad SMARTS) is 1. The van der Waals surface area contributed by atoms with Gasteiger partial charge in [0.25, 0.3) is 0 Å². The third-order valence-electron chi connectivity index (χ3n) is 4.75. The number of aromatic nitrogens is 2. The topological polar surface area (TPSA) is 96.3 Å². The normalized spacial score (nSPS) is 11.4. The smallest absolute Gasteiger partial charge is 0.417 e. The molecule has 4 aromatic rings. The molecule has 3 N–H and O–H groups in total. The van der Waals surface area contributed by atoms with Gasteiger partial charge in [-0.15, -0.1) is 0 Å². The molecule has 0 aliphatic rings. The number of alkyl halides is 3. The summed E-state index contributed by atoms with van der Waals surface area (Å²) in [5.41, 5.74) is -1.29. The van der Waals surface area contributed by atoms with Crippen molar-refractivity contribution in [1.82, 2.24) is 9.55 Å². The Morgan fingerprint density at radius 1 is 1.00 bits per heavy atom. The van der Waals surface area contributed by atoms with Crippen LogP contribution in [0.5, 0.6) is 0 Å². The first-order valence-electron chi connectivity index (χ1n) is 9.75. The van der Waals surface area contributed by atoms with Crippen LogP contribution in [0.1, 0.15) is 5.56 Å². The summed E-state index contributed by atoms with van der Waals surface area (Å²) < 4.78 is 43.2. The van der Waals surface area contributed by atoms with Gasteiger partial charge in [-0.25, -0.2) is 4.98 Å². The van der Waals surface area contributed by atoms with Gasteiger partial charge in [0, 0.05) is 17.4 Å². The minimum absolute atomic E-state index is 0.195. The second kappa shape index (κ2) is 8.65. The van der Waals surface area contributed by atoms with Crippen molar-refractivity contribution in [1.29, 1.82) is 0 Å². The summed E-state index contributed by atoms with van der Waals surface area (Å²) in [4.78, 5) is 28.1. The standard InChI is InChI=1S/C23H17F3N4O3/c24-23(25,26)16-11-18(27-13-20(32)33)29-22-21(16)17(31)12-19(28-14-7-3-1-4-8-14)30(22)15-9-5-2-6-10-15/h1-12,28H,13H2,(H,27,29)(H,32,33). The summed E-state index contributed by atoms with van der Waals surface area (Å²) in [6.07, 6.45) is -4.87. The predicted molar refractivity (Wildman–Crippen MR) is 118 cm³/mol. The number of nitrogens with zero attached hydrogens (tertiary/aromatic N) is 2. The molecule has 7 nitrogen and oxygen atoms in total. The molecule has 0 saturated carbocycles. The minimum atomic E-state index is -4.87. The molecule has 10 heteroatoms. The molecule has 2 aromatic carbocycles. The Morgan fingerprint density at radius 3 is 2.24 bits per heavy atom. The van der Waals surface area contributed by atoms with E-state index in [0.717, 1.165) is 6.07 Å². The third-order valence-corrected chi connectivity index (χ3v) is 4.75. The minimum Gasteiger partial charge on any atom is -0.480 e. The molecule has 168 valence electrons. The number of aliphatic carboxylic acids is 1. The Balaban J connectivity index is 2.07. The van der Waals surface area contributed by atoms with Gasteiger partial charge in [-0.3, -0.25) is 14.2 Å². The summed E-state index contributed by atoms with van der Waals surface area (Å²) >= 11 is 0. The Bertz CT molecular complexity index is 1370. The van der Waals surface area contributed by atoms with Gasteiger partial charge in [-0.2, -0.15) is 13.2 Å². The molecule has 33 heavy (non-hydrogen) atoms. The number of hydrogen-bond donors (Lipinski definition) is 3. The number of anilines is 3. The number of benzene rings is 2. The van der Waals surface area contributed by atoms with E-state index in [4.69, 9.17) is 5.11 Å². The first kappa shape index (κ1) is 21.9. The van der Waals surface area contributed by atoms with Crippen LogP contribution in [0.2, 0.25) is 0 Å². The van der Waals surface area contributed by atoms with E-state index in [1.807, 2.05) is 0 Å². The van der Waals surface area contributed by atoms with Crippen molar-refractivity contribution in [2.45, 2.75) is 6.18 Å². The lowest BCUT2D eigenvalue weighted by Gasteiger charge is -2.20. The molecule has 0 amide bonds. The van der Waals surface area contributed by atoms with Crippen molar-refractivity contribution in [3.8, 4) is 5.69 Å². The quantitative estimate of drug-likeness (QED) is 0.393. The summed E-state index contributed by atoms with van der Waals surface area (Å²) in [5, 5.41) is 13.7. The van der Waals surface area contributed by atoms with Crippen LogP contribution in [0, 0.1) is 0 Å². The zero-order chi connectivity index (χ0) is 23.6. The van der Waals surface area contributed by atoms with Gasteiger partial charge >= 0.3 is 12.1 Å². The highest BCUT2D eigenvalue weighted by Crippen LogP contribution is 2.36. The van der Waals surface area contributed by atoms with Crippen LogP contribution in [-0.4, -0.2) is 27.2 Å². The maximum Gasteiger partial charge on any atom is 0.417 e. The molecule has 0 atom stereocenters. The Morgan fingerprint density at radius 2 is 1.64 bits per heavy atom. The molecular formula is C23H17F3N4O3. The van der Waals surface area contributed by atoms with E-state index in [9.17, 15) is 22.8 Å². The molecule has 0 aliphatic heterocycles. The number of pyridine rings is 2. The second-order valence-electron chi connectivity index (χ2n) is 7.05. The van der Waals surface area contributed by atoms with E-state index in [-0.39, 0.29) is 17.3 Å². The van der Waals surface area contributed by atoms with Crippen LogP contribution in [0.3, 0.4) is 0 Å². The SMILES string of the molecule is O=C(O)CNc1cc(C(F)(F)F)c2c(=O)cc(Nc3ccccc3)n(-c3ccccc3)c2n1. The van der Waals surface area contributed by atoms with Crippen molar-refractivity contribution in [3.05, 3.63) is 88.6 Å². The third kappa shape index (κ3) is 4.64. The molecule has 0 aliphatic carbocycles. The first-order valence-corrected chi connectivity index (χ1v) is 9.75. The van der Waals surface area contributed by atoms with Gasteiger partial charge in [0.2, 0.25) is 0 Å². The van der Waals surface area contributed by atoms with E-state index in [2.05, 4.69) is 15.6 Å². The van der Waals surface area contributed by atoms with Crippen molar-refractivity contribution in [2.75, 3.05) is 17.2 Å². The van der Waals surface area contributed by atoms with E-state index in [1.165, 1.54) is 4.57 Å². The molecule has 0 spiro atoms. The van der Waals surface area contributed by atoms with Crippen LogP contribution in [-0.2, 0) is 11.0 Å². The van der Waals surface area contributed by atoms with Gasteiger partial charge in [0.1, 0.15) is 18.2 Å². The highest BCUT2D eigenvalue weighted by Gasteiger charge is 2.35. The molecule has 0 radical (unpaired) electrons. The van der Waals surface area contributed by atoms with Gasteiger partial charge in [0.05, 0.1) is 10.9 Å². The van der Waals surface area contributed by atoms with Crippen molar-refractivity contribution < 1.29 is 23.1 Å². The second-order valence-corrected chi connectivity index (χ2v) is 7.05. The molecule has 0 unspecified atom stereocenters. The predicted octanol–water partition coefficient (Wildman–Crippen LogP) is 4.64. The summed E-state index contributed by atoms with van der Waals surface area (Å²) in [6, 6.07) is 19.0. The van der Waals surface area contributed by atoms with Gasteiger partial charge in [-0.05, 0) is 30.3 Å². The fourth-order valence-electron chi connectivity index (χ4n) is 3.39. The van der Waals surface area contributed by atoms with E-state index < -0.39 is 35.1 Å². The Labute approximate surface area is 185 Å². The number of hydrogen-bond acceptors (Lipinski definition) is 5. The highest BCUT2D eigenvalue weighted by molar-refractivity contribution is 5.86. The lowest BCUT2D eigenvalue weighted by molar-refractivity contribution is -0.136. The number of para-hydroxylation sites is 2. The molecule has 4 rings (SSSR count). The average molecular weight is 454 g/mol. The largest absolute Gasteiger partial charge is 0.480 e. The zero-order valence-corrected chi connectivity index (χ0v) is 16.9. The number of carboxylic acids is 1. The van der Waals surface area contributed by atoms with Gasteiger partial charge < -0.3 is 15.7 Å². The fraction of sp³-hybridized carbons (Fsp3) is 0.0870. The molecule has 0 saturated heterocycles. The molecule has 2 heterocycles. The number of rotatable bonds is 6. The lowest BCUT2D eigenvalue weighted by atomic mass is 10.1. The average Bonchev–Trinajstić information content (AvgIpc) is 2.78. The number of nitrogens with one attached hydrogen (secondary N) is 2. The maximum atomic E-state index is 13.9. The summed E-state index contributed by atoms with van der Waals surface area (Å²) in [5.74, 6) is -1.40. The van der Waals surface area contributed by atoms with Crippen molar-refractivity contribution in [3.63, 3.8) is 0 Å². The zero-order valence-electron chi connectivity index (χ0n) is 16.9. The Kier molecular flexibility index (Phi) is 5.74. The Hall–Kier alpha value is -4.34. The van der Waals surface area contributed by atoms with Crippen molar-refractivity contribution in [2.24, 2.45) is 0 Å².